The van der Waals surface area contributed by atoms with Crippen molar-refractivity contribution in [2.75, 3.05) is 29.9 Å². The Morgan fingerprint density at radius 1 is 1.12 bits per heavy atom. The molecule has 138 valence electrons. The fourth-order valence-corrected chi connectivity index (χ4v) is 4.19. The highest BCUT2D eigenvalue weighted by molar-refractivity contribution is 7.92. The first kappa shape index (κ1) is 18.1. The molecule has 1 heterocycles. The molecule has 1 saturated heterocycles. The van der Waals surface area contributed by atoms with Gasteiger partial charge in [-0.05, 0) is 61.4 Å². The van der Waals surface area contributed by atoms with Crippen LogP contribution in [-0.2, 0) is 14.8 Å². The van der Waals surface area contributed by atoms with E-state index in [1.54, 1.807) is 57.4 Å². The number of methoxy groups -OCH3 is 1. The van der Waals surface area contributed by atoms with E-state index in [0.29, 0.717) is 35.8 Å². The molecule has 8 heteroatoms. The van der Waals surface area contributed by atoms with Gasteiger partial charge in [-0.2, -0.15) is 0 Å². The number of hydrogen-bond acceptors (Lipinski definition) is 5. The van der Waals surface area contributed by atoms with Crippen LogP contribution >= 0.6 is 0 Å². The molecule has 2 aromatic carbocycles. The van der Waals surface area contributed by atoms with Gasteiger partial charge in [-0.3, -0.25) is 9.62 Å². The number of nitrogens with one attached hydrogen (secondary N) is 1. The molecule has 0 saturated carbocycles. The van der Waals surface area contributed by atoms with E-state index in [2.05, 4.69) is 4.72 Å². The van der Waals surface area contributed by atoms with Crippen molar-refractivity contribution in [2.24, 2.45) is 0 Å². The van der Waals surface area contributed by atoms with Crippen molar-refractivity contribution in [1.82, 2.24) is 0 Å². The predicted octanol–water partition coefficient (Wildman–Crippen LogP) is 3.07. The van der Waals surface area contributed by atoms with Gasteiger partial charge in [-0.25, -0.2) is 13.2 Å². The second-order valence-electron chi connectivity index (χ2n) is 6.01. The van der Waals surface area contributed by atoms with Gasteiger partial charge in [-0.1, -0.05) is 0 Å². The highest BCUT2D eigenvalue weighted by Crippen LogP contribution is 2.28. The number of benzene rings is 2. The summed E-state index contributed by atoms with van der Waals surface area (Å²) in [6.07, 6.45) is -0.400. The minimum Gasteiger partial charge on any atom is -0.496 e. The number of carbonyl (C=O) groups excluding carboxylic acids is 1. The van der Waals surface area contributed by atoms with Gasteiger partial charge in [0.2, 0.25) is 0 Å². The lowest BCUT2D eigenvalue weighted by Gasteiger charge is -2.15. The summed E-state index contributed by atoms with van der Waals surface area (Å²) in [6.45, 7) is 4.34. The number of nitrogens with zero attached hydrogens (tertiary/aromatic N) is 1. The zero-order valence-corrected chi connectivity index (χ0v) is 15.6. The molecule has 0 spiro atoms. The van der Waals surface area contributed by atoms with Gasteiger partial charge in [0.05, 0.1) is 18.6 Å². The van der Waals surface area contributed by atoms with Crippen LogP contribution in [0.4, 0.5) is 16.2 Å². The number of rotatable bonds is 5. The topological polar surface area (TPSA) is 84.9 Å². The van der Waals surface area contributed by atoms with Crippen molar-refractivity contribution in [3.63, 3.8) is 0 Å². The quantitative estimate of drug-likeness (QED) is 0.867. The molecule has 0 aromatic heterocycles. The first-order valence-electron chi connectivity index (χ1n) is 8.04. The summed E-state index contributed by atoms with van der Waals surface area (Å²) in [6, 6.07) is 9.87. The van der Waals surface area contributed by atoms with Gasteiger partial charge in [0.15, 0.2) is 0 Å². The average Bonchev–Trinajstić information content (AvgIpc) is 3.03. The Kier molecular flexibility index (Phi) is 4.78. The fraction of sp³-hybridized carbons (Fsp3) is 0.278. The molecule has 0 aliphatic carbocycles. The third-order valence-corrected chi connectivity index (χ3v) is 5.70. The van der Waals surface area contributed by atoms with Crippen LogP contribution < -0.4 is 14.4 Å². The summed E-state index contributed by atoms with van der Waals surface area (Å²) < 4.78 is 38.1. The Morgan fingerprint density at radius 2 is 1.81 bits per heavy atom. The van der Waals surface area contributed by atoms with Gasteiger partial charge < -0.3 is 9.47 Å². The lowest BCUT2D eigenvalue weighted by atomic mass is 10.1. The molecule has 1 aliphatic heterocycles. The fourth-order valence-electron chi connectivity index (χ4n) is 2.82. The van der Waals surface area contributed by atoms with E-state index in [1.165, 1.54) is 4.90 Å². The van der Waals surface area contributed by atoms with Crippen LogP contribution in [0.15, 0.2) is 41.3 Å². The van der Waals surface area contributed by atoms with E-state index < -0.39 is 16.1 Å². The molecule has 1 fully saturated rings. The summed E-state index contributed by atoms with van der Waals surface area (Å²) in [4.78, 5) is 13.3. The smallest absolute Gasteiger partial charge is 0.414 e. The third kappa shape index (κ3) is 3.45. The monoisotopic (exact) mass is 376 g/mol. The van der Waals surface area contributed by atoms with Crippen LogP contribution in [0, 0.1) is 13.8 Å². The van der Waals surface area contributed by atoms with Crippen LogP contribution in [0.25, 0.3) is 0 Å². The number of aryl methyl sites for hydroxylation is 2. The Balaban J connectivity index is 1.84. The SMILES string of the molecule is COc1cc(C)c(S(=O)(=O)Nc2ccc(N3CCOC3=O)cc2)cc1C. The average molecular weight is 376 g/mol. The maximum atomic E-state index is 12.7. The van der Waals surface area contributed by atoms with E-state index in [4.69, 9.17) is 9.47 Å². The van der Waals surface area contributed by atoms with Crippen molar-refractivity contribution in [3.05, 3.63) is 47.5 Å². The molecule has 2 aromatic rings. The van der Waals surface area contributed by atoms with Gasteiger partial charge >= 0.3 is 6.09 Å². The molecule has 26 heavy (non-hydrogen) atoms. The summed E-state index contributed by atoms with van der Waals surface area (Å²) in [5, 5.41) is 0. The summed E-state index contributed by atoms with van der Waals surface area (Å²) in [5.74, 6) is 0.642. The van der Waals surface area contributed by atoms with Crippen molar-refractivity contribution in [3.8, 4) is 5.75 Å². The molecule has 1 amide bonds. The Hall–Kier alpha value is -2.74. The molecule has 0 atom stereocenters. The zero-order valence-electron chi connectivity index (χ0n) is 14.8. The molecule has 0 bridgehead atoms. The molecule has 3 rings (SSSR count). The van der Waals surface area contributed by atoms with Crippen molar-refractivity contribution in [1.29, 1.82) is 0 Å². The van der Waals surface area contributed by atoms with E-state index in [9.17, 15) is 13.2 Å². The molecule has 1 N–H and O–H groups in total. The first-order valence-corrected chi connectivity index (χ1v) is 9.52. The maximum absolute atomic E-state index is 12.7. The summed E-state index contributed by atoms with van der Waals surface area (Å²) in [7, 11) is -2.20. The molecular weight excluding hydrogens is 356 g/mol. The van der Waals surface area contributed by atoms with Crippen molar-refractivity contribution >= 4 is 27.5 Å². The van der Waals surface area contributed by atoms with Crippen molar-refractivity contribution in [2.45, 2.75) is 18.7 Å². The Bertz CT molecular complexity index is 939. The van der Waals surface area contributed by atoms with Crippen LogP contribution in [0.1, 0.15) is 11.1 Å². The highest BCUT2D eigenvalue weighted by Gasteiger charge is 2.24. The Labute approximate surface area is 152 Å². The molecule has 0 radical (unpaired) electrons. The summed E-state index contributed by atoms with van der Waals surface area (Å²) >= 11 is 0. The Morgan fingerprint density at radius 3 is 2.38 bits per heavy atom. The highest BCUT2D eigenvalue weighted by atomic mass is 32.2. The molecule has 0 unspecified atom stereocenters. The number of anilines is 2. The third-order valence-electron chi connectivity index (χ3n) is 4.17. The van der Waals surface area contributed by atoms with E-state index in [1.807, 2.05) is 0 Å². The standard InChI is InChI=1S/C18H20N2O5S/c1-12-11-17(13(2)10-16(12)24-3)26(22,23)19-14-4-6-15(7-5-14)20-8-9-25-18(20)21/h4-7,10-11,19H,8-9H2,1-3H3. The first-order chi connectivity index (χ1) is 12.3. The van der Waals surface area contributed by atoms with Crippen molar-refractivity contribution < 1.29 is 22.7 Å². The second-order valence-corrected chi connectivity index (χ2v) is 7.66. The van der Waals surface area contributed by atoms with Gasteiger partial charge in [-0.15, -0.1) is 0 Å². The summed E-state index contributed by atoms with van der Waals surface area (Å²) in [5.41, 5.74) is 2.40. The lowest BCUT2D eigenvalue weighted by molar-refractivity contribution is 0.181. The van der Waals surface area contributed by atoms with Crippen LogP contribution in [0.3, 0.4) is 0 Å². The lowest BCUT2D eigenvalue weighted by Crippen LogP contribution is -2.23. The van der Waals surface area contributed by atoms with Crippen LogP contribution in [0.2, 0.25) is 0 Å². The zero-order chi connectivity index (χ0) is 18.9. The van der Waals surface area contributed by atoms with Gasteiger partial charge in [0, 0.05) is 11.4 Å². The number of cyclic esters (lactones) is 1. The minimum atomic E-state index is -3.74. The van der Waals surface area contributed by atoms with Gasteiger partial charge in [0.1, 0.15) is 12.4 Å². The van der Waals surface area contributed by atoms with Gasteiger partial charge in [0.25, 0.3) is 10.0 Å². The van der Waals surface area contributed by atoms with E-state index in [0.717, 1.165) is 5.56 Å². The van der Waals surface area contributed by atoms with E-state index >= 15 is 0 Å². The number of sulfonamides is 1. The number of ether oxygens (including phenoxy) is 2. The van der Waals surface area contributed by atoms with Crippen LogP contribution in [-0.4, -0.2) is 34.8 Å². The second kappa shape index (κ2) is 6.87. The number of amides is 1. The largest absolute Gasteiger partial charge is 0.496 e. The molecule has 1 aliphatic rings. The number of hydrogen-bond donors (Lipinski definition) is 1. The van der Waals surface area contributed by atoms with Crippen LogP contribution in [0.5, 0.6) is 5.75 Å². The normalized spacial score (nSPS) is 14.3. The maximum Gasteiger partial charge on any atom is 0.414 e. The predicted molar refractivity (Wildman–Crippen MR) is 98.4 cm³/mol. The van der Waals surface area contributed by atoms with E-state index in [-0.39, 0.29) is 4.90 Å². The molecule has 7 nitrogen and oxygen atoms in total. The number of carbonyl (C=O) groups is 1. The molecular formula is C18H20N2O5S. The minimum absolute atomic E-state index is 0.197.